The van der Waals surface area contributed by atoms with Crippen molar-refractivity contribution < 1.29 is 22.8 Å². The first-order valence-corrected chi connectivity index (χ1v) is 12.5. The number of carbonyl (C=O) groups is 2. The van der Waals surface area contributed by atoms with Crippen LogP contribution in [0.4, 0.5) is 13.2 Å². The monoisotopic (exact) mass is 541 g/mol. The molecule has 4 heterocycles. The quantitative estimate of drug-likeness (QED) is 0.284. The van der Waals surface area contributed by atoms with Gasteiger partial charge in [0.2, 0.25) is 5.91 Å². The minimum atomic E-state index is -4.48. The van der Waals surface area contributed by atoms with Crippen LogP contribution in [-0.4, -0.2) is 61.6 Å². The van der Waals surface area contributed by atoms with Crippen molar-refractivity contribution in [2.45, 2.75) is 39.4 Å². The van der Waals surface area contributed by atoms with Crippen LogP contribution >= 0.6 is 0 Å². The molecule has 0 aliphatic carbocycles. The molecule has 0 saturated heterocycles. The third kappa shape index (κ3) is 6.44. The van der Waals surface area contributed by atoms with Gasteiger partial charge in [0.25, 0.3) is 5.91 Å². The summed E-state index contributed by atoms with van der Waals surface area (Å²) in [4.78, 5) is 39.2. The lowest BCUT2D eigenvalue weighted by molar-refractivity contribution is -0.141. The van der Waals surface area contributed by atoms with Crippen molar-refractivity contribution in [3.05, 3.63) is 66.0 Å². The van der Waals surface area contributed by atoms with E-state index in [0.717, 1.165) is 16.8 Å². The number of H-pyrrole nitrogens is 2. The fraction of sp³-hybridized carbons (Fsp3) is 0.370. The van der Waals surface area contributed by atoms with E-state index in [1.165, 1.54) is 6.20 Å². The van der Waals surface area contributed by atoms with Gasteiger partial charge in [-0.1, -0.05) is 13.8 Å². The molecule has 0 saturated carbocycles. The van der Waals surface area contributed by atoms with E-state index in [1.54, 1.807) is 56.6 Å². The van der Waals surface area contributed by atoms with E-state index < -0.39 is 24.5 Å². The highest BCUT2D eigenvalue weighted by Crippen LogP contribution is 2.30. The molecule has 2 atom stereocenters. The van der Waals surface area contributed by atoms with Crippen LogP contribution in [-0.2, 0) is 11.2 Å². The predicted octanol–water partition coefficient (Wildman–Crippen LogP) is 4.67. The molecule has 4 rings (SSSR count). The Labute approximate surface area is 223 Å². The minimum Gasteiger partial charge on any atom is -0.347 e. The molecule has 0 radical (unpaired) electrons. The second kappa shape index (κ2) is 11.3. The van der Waals surface area contributed by atoms with Crippen molar-refractivity contribution in [1.29, 1.82) is 0 Å². The molecular weight excluding hydrogens is 511 g/mol. The lowest BCUT2D eigenvalue weighted by Crippen LogP contribution is -2.40. The largest absolute Gasteiger partial charge is 0.405 e. The number of carbonyl (C=O) groups excluding carboxylic acids is 2. The van der Waals surface area contributed by atoms with Crippen LogP contribution in [0.1, 0.15) is 48.4 Å². The summed E-state index contributed by atoms with van der Waals surface area (Å²) in [6, 6.07) is 5.19. The van der Waals surface area contributed by atoms with E-state index in [0.29, 0.717) is 22.2 Å². The van der Waals surface area contributed by atoms with Crippen LogP contribution < -0.4 is 5.32 Å². The van der Waals surface area contributed by atoms with Gasteiger partial charge in [0.1, 0.15) is 12.2 Å². The highest BCUT2D eigenvalue weighted by molar-refractivity contribution is 6.01. The van der Waals surface area contributed by atoms with Crippen molar-refractivity contribution in [3.8, 4) is 11.1 Å². The number of halogens is 3. The number of hydrogen-bond acceptors (Lipinski definition) is 5. The summed E-state index contributed by atoms with van der Waals surface area (Å²) in [5, 5.41) is 9.53. The first-order chi connectivity index (χ1) is 18.4. The Hall–Kier alpha value is -4.22. The van der Waals surface area contributed by atoms with Crippen LogP contribution in [0.2, 0.25) is 0 Å². The first-order valence-electron chi connectivity index (χ1n) is 12.5. The second-order valence-corrected chi connectivity index (χ2v) is 9.90. The molecule has 0 bridgehead atoms. The number of nitrogens with one attached hydrogen (secondary N) is 3. The highest BCUT2D eigenvalue weighted by Gasteiger charge is 2.31. The lowest BCUT2D eigenvalue weighted by atomic mass is 9.88. The number of aromatic amines is 2. The highest BCUT2D eigenvalue weighted by atomic mass is 19.4. The molecule has 0 aromatic carbocycles. The zero-order valence-corrected chi connectivity index (χ0v) is 22.0. The van der Waals surface area contributed by atoms with Gasteiger partial charge in [0, 0.05) is 60.5 Å². The van der Waals surface area contributed by atoms with Gasteiger partial charge in [0.15, 0.2) is 0 Å². The van der Waals surface area contributed by atoms with Crippen LogP contribution in [0.5, 0.6) is 0 Å². The van der Waals surface area contributed by atoms with Crippen molar-refractivity contribution in [2.24, 2.45) is 11.8 Å². The second-order valence-electron chi connectivity index (χ2n) is 9.90. The zero-order valence-electron chi connectivity index (χ0n) is 22.0. The maximum Gasteiger partial charge on any atom is 0.405 e. The van der Waals surface area contributed by atoms with E-state index in [9.17, 15) is 22.8 Å². The Kier molecular flexibility index (Phi) is 8.03. The average molecular weight is 542 g/mol. The van der Waals surface area contributed by atoms with Gasteiger partial charge in [-0.3, -0.25) is 19.7 Å². The Balaban J connectivity index is 1.58. The first kappa shape index (κ1) is 27.8. The van der Waals surface area contributed by atoms with Crippen LogP contribution in [0, 0.1) is 11.8 Å². The SMILES string of the molecule is CC(C)[C@@H](Cc1cncc(-c2c[nH]c3ncc(C(=O)N(C)C(C)c4ccn[nH]4)cc23)c1)C(=O)NCC(F)(F)F. The Morgan fingerprint density at radius 3 is 2.56 bits per heavy atom. The Morgan fingerprint density at radius 2 is 1.90 bits per heavy atom. The molecule has 206 valence electrons. The van der Waals surface area contributed by atoms with Crippen LogP contribution in [0.25, 0.3) is 22.2 Å². The molecule has 9 nitrogen and oxygen atoms in total. The number of pyridine rings is 2. The molecule has 3 N–H and O–H groups in total. The molecule has 0 spiro atoms. The standard InChI is InChI=1S/C27H30F3N7O2/c1-15(2)20(25(38)34-14-27(28,29)30)8-17-7-18(11-31-10-17)22-13-33-24-21(22)9-19(12-32-24)26(39)37(4)16(3)23-5-6-35-36-23/h5-7,9-13,15-16,20H,8,14H2,1-4H3,(H,32,33)(H,34,38)(H,35,36)/t16?,20-/m1/s1. The molecule has 2 amide bonds. The van der Waals surface area contributed by atoms with E-state index in [1.807, 2.05) is 24.4 Å². The van der Waals surface area contributed by atoms with E-state index in [-0.39, 0.29) is 24.3 Å². The third-order valence-corrected chi connectivity index (χ3v) is 6.82. The minimum absolute atomic E-state index is 0.186. The van der Waals surface area contributed by atoms with E-state index >= 15 is 0 Å². The van der Waals surface area contributed by atoms with Crippen molar-refractivity contribution in [1.82, 2.24) is 35.4 Å². The topological polar surface area (TPSA) is 120 Å². The van der Waals surface area contributed by atoms with E-state index in [2.05, 4.69) is 25.1 Å². The summed E-state index contributed by atoms with van der Waals surface area (Å²) in [5.41, 5.74) is 3.98. The maximum atomic E-state index is 13.2. The Morgan fingerprint density at radius 1 is 1.13 bits per heavy atom. The summed E-state index contributed by atoms with van der Waals surface area (Å²) in [6.07, 6.45) is 3.91. The zero-order chi connectivity index (χ0) is 28.3. The fourth-order valence-corrected chi connectivity index (χ4v) is 4.40. The maximum absolute atomic E-state index is 13.2. The van der Waals surface area contributed by atoms with Gasteiger partial charge in [-0.05, 0) is 43.0 Å². The summed E-state index contributed by atoms with van der Waals surface area (Å²) in [5.74, 6) is -1.71. The van der Waals surface area contributed by atoms with Crippen molar-refractivity contribution in [2.75, 3.05) is 13.6 Å². The number of amides is 2. The van der Waals surface area contributed by atoms with Gasteiger partial charge in [-0.15, -0.1) is 0 Å². The van der Waals surface area contributed by atoms with Gasteiger partial charge in [0.05, 0.1) is 17.3 Å². The van der Waals surface area contributed by atoms with Crippen molar-refractivity contribution >= 4 is 22.8 Å². The molecule has 4 aromatic rings. The average Bonchev–Trinajstić information content (AvgIpc) is 3.59. The summed E-state index contributed by atoms with van der Waals surface area (Å²) >= 11 is 0. The molecule has 0 fully saturated rings. The number of alkyl halides is 3. The molecule has 12 heteroatoms. The smallest absolute Gasteiger partial charge is 0.347 e. The number of nitrogens with zero attached hydrogens (tertiary/aromatic N) is 4. The van der Waals surface area contributed by atoms with Crippen molar-refractivity contribution in [3.63, 3.8) is 0 Å². The van der Waals surface area contributed by atoms with Crippen LogP contribution in [0.3, 0.4) is 0 Å². The summed E-state index contributed by atoms with van der Waals surface area (Å²) in [7, 11) is 1.71. The summed E-state index contributed by atoms with van der Waals surface area (Å²) in [6.45, 7) is 4.11. The van der Waals surface area contributed by atoms with Gasteiger partial charge in [-0.2, -0.15) is 18.3 Å². The fourth-order valence-electron chi connectivity index (χ4n) is 4.40. The van der Waals surface area contributed by atoms with E-state index in [4.69, 9.17) is 0 Å². The molecular formula is C27H30F3N7O2. The van der Waals surface area contributed by atoms with Crippen LogP contribution in [0.15, 0.2) is 49.2 Å². The normalized spacial score (nSPS) is 13.4. The molecule has 4 aromatic heterocycles. The number of hydrogen-bond donors (Lipinski definition) is 3. The van der Waals surface area contributed by atoms with Gasteiger partial charge < -0.3 is 15.2 Å². The molecule has 39 heavy (non-hydrogen) atoms. The molecule has 0 aliphatic rings. The number of rotatable bonds is 9. The lowest BCUT2D eigenvalue weighted by Gasteiger charge is -2.24. The third-order valence-electron chi connectivity index (χ3n) is 6.82. The molecule has 0 aliphatic heterocycles. The number of aromatic nitrogens is 5. The van der Waals surface area contributed by atoms with Gasteiger partial charge in [-0.25, -0.2) is 4.98 Å². The predicted molar refractivity (Wildman–Crippen MR) is 140 cm³/mol. The van der Waals surface area contributed by atoms with Gasteiger partial charge >= 0.3 is 6.18 Å². The number of fused-ring (bicyclic) bond motifs is 1. The molecule has 1 unspecified atom stereocenters. The Bertz CT molecular complexity index is 1450. The summed E-state index contributed by atoms with van der Waals surface area (Å²) < 4.78 is 37.8.